The van der Waals surface area contributed by atoms with Crippen LogP contribution < -0.4 is 5.32 Å². The minimum atomic E-state index is -1.09. The summed E-state index contributed by atoms with van der Waals surface area (Å²) in [6, 6.07) is -0.290. The van der Waals surface area contributed by atoms with E-state index in [9.17, 15) is 15.3 Å². The summed E-state index contributed by atoms with van der Waals surface area (Å²) in [5.74, 6) is 0. The molecule has 0 aliphatic carbocycles. The predicted molar refractivity (Wildman–Crippen MR) is 39.4 cm³/mol. The molecule has 2 bridgehead atoms. The van der Waals surface area contributed by atoms with Crippen LogP contribution in [0.15, 0.2) is 0 Å². The summed E-state index contributed by atoms with van der Waals surface area (Å²) >= 11 is 0. The summed E-state index contributed by atoms with van der Waals surface area (Å²) in [7, 11) is 0. The zero-order valence-electron chi connectivity index (χ0n) is 6.51. The fourth-order valence-corrected chi connectivity index (χ4v) is 2.23. The molecule has 0 amide bonds. The lowest BCUT2D eigenvalue weighted by molar-refractivity contribution is -0.0802. The Labute approximate surface area is 69.6 Å². The molecule has 0 radical (unpaired) electrons. The minimum Gasteiger partial charge on any atom is -0.394 e. The van der Waals surface area contributed by atoms with Crippen molar-refractivity contribution in [3.8, 4) is 0 Å². The Morgan fingerprint density at radius 3 is 2.42 bits per heavy atom. The topological polar surface area (TPSA) is 93.0 Å². The Morgan fingerprint density at radius 1 is 1.33 bits per heavy atom. The fraction of sp³-hybridized carbons (Fsp3) is 1.00. The molecular weight excluding hydrogens is 162 g/mol. The summed E-state index contributed by atoms with van der Waals surface area (Å²) in [5, 5.41) is 40.2. The summed E-state index contributed by atoms with van der Waals surface area (Å²) in [4.78, 5) is 0. The van der Waals surface area contributed by atoms with Crippen molar-refractivity contribution >= 4 is 0 Å². The van der Waals surface area contributed by atoms with Crippen molar-refractivity contribution in [3.63, 3.8) is 0 Å². The number of hydrogen-bond acceptors (Lipinski definition) is 5. The van der Waals surface area contributed by atoms with Crippen molar-refractivity contribution in [1.82, 2.24) is 5.32 Å². The van der Waals surface area contributed by atoms with E-state index in [1.807, 2.05) is 0 Å². The molecule has 2 rings (SSSR count). The summed E-state index contributed by atoms with van der Waals surface area (Å²) in [5.41, 5.74) is -1.09. The molecule has 5 N–H and O–H groups in total. The van der Waals surface area contributed by atoms with Crippen LogP contribution >= 0.6 is 0 Å². The van der Waals surface area contributed by atoms with Crippen LogP contribution in [0.1, 0.15) is 6.42 Å². The Bertz CT molecular complexity index is 200. The van der Waals surface area contributed by atoms with Crippen LogP contribution in [0, 0.1) is 0 Å². The number of aliphatic hydroxyl groups is 4. The van der Waals surface area contributed by atoms with E-state index in [1.165, 1.54) is 0 Å². The van der Waals surface area contributed by atoms with Gasteiger partial charge in [-0.1, -0.05) is 0 Å². The van der Waals surface area contributed by atoms with Crippen LogP contribution in [-0.2, 0) is 0 Å². The molecule has 5 heteroatoms. The first kappa shape index (κ1) is 8.40. The summed E-state index contributed by atoms with van der Waals surface area (Å²) in [6.07, 6.45) is -2.33. The highest BCUT2D eigenvalue weighted by molar-refractivity contribution is 5.19. The molecule has 0 aromatic carbocycles. The van der Waals surface area contributed by atoms with Gasteiger partial charge >= 0.3 is 0 Å². The lowest BCUT2D eigenvalue weighted by Gasteiger charge is -2.34. The van der Waals surface area contributed by atoms with Crippen molar-refractivity contribution in [2.75, 3.05) is 6.61 Å². The van der Waals surface area contributed by atoms with Crippen molar-refractivity contribution in [1.29, 1.82) is 0 Å². The molecule has 2 aliphatic rings. The molecule has 5 atom stereocenters. The lowest BCUT2D eigenvalue weighted by atomic mass is 9.82. The first-order valence-corrected chi connectivity index (χ1v) is 4.04. The van der Waals surface area contributed by atoms with E-state index in [0.29, 0.717) is 6.42 Å². The van der Waals surface area contributed by atoms with E-state index in [2.05, 4.69) is 5.32 Å². The maximum Gasteiger partial charge on any atom is 0.104 e. The number of hydrogen-bond donors (Lipinski definition) is 5. The first-order valence-electron chi connectivity index (χ1n) is 4.04. The SMILES string of the molecule is OC[C@@]12N[C@@H](C[C@H]1O)[C@@H](O)[C@@H]2O. The predicted octanol–water partition coefficient (Wildman–Crippen LogP) is -2.82. The molecule has 0 aromatic rings. The molecule has 2 fully saturated rings. The van der Waals surface area contributed by atoms with Gasteiger partial charge in [0.25, 0.3) is 0 Å². The van der Waals surface area contributed by atoms with Crippen LogP contribution in [0.2, 0.25) is 0 Å². The molecule has 0 unspecified atom stereocenters. The van der Waals surface area contributed by atoms with Gasteiger partial charge in [-0.15, -0.1) is 0 Å². The third-order valence-electron chi connectivity index (χ3n) is 3.05. The first-order chi connectivity index (χ1) is 5.62. The molecule has 0 spiro atoms. The van der Waals surface area contributed by atoms with Gasteiger partial charge in [0.2, 0.25) is 0 Å². The van der Waals surface area contributed by atoms with Crippen LogP contribution in [0.25, 0.3) is 0 Å². The Kier molecular flexibility index (Phi) is 1.68. The molecule has 12 heavy (non-hydrogen) atoms. The van der Waals surface area contributed by atoms with Gasteiger partial charge in [-0.05, 0) is 6.42 Å². The fourth-order valence-electron chi connectivity index (χ4n) is 2.23. The second kappa shape index (κ2) is 2.40. The Hall–Kier alpha value is -0.200. The van der Waals surface area contributed by atoms with Gasteiger partial charge in [0.15, 0.2) is 0 Å². The smallest absolute Gasteiger partial charge is 0.104 e. The van der Waals surface area contributed by atoms with Gasteiger partial charge in [-0.25, -0.2) is 0 Å². The van der Waals surface area contributed by atoms with Gasteiger partial charge < -0.3 is 20.4 Å². The van der Waals surface area contributed by atoms with Crippen molar-refractivity contribution < 1.29 is 20.4 Å². The van der Waals surface area contributed by atoms with Gasteiger partial charge in [0, 0.05) is 6.04 Å². The van der Waals surface area contributed by atoms with E-state index in [0.717, 1.165) is 0 Å². The minimum absolute atomic E-state index is 0.290. The molecule has 2 aliphatic heterocycles. The lowest BCUT2D eigenvalue weighted by Crippen LogP contribution is -2.59. The molecular formula is C7H13NO4. The number of nitrogens with one attached hydrogen (secondary N) is 1. The standard InChI is InChI=1S/C7H13NO4/c9-2-7-4(10)1-3(8-7)5(11)6(7)12/h3-6,8-12H,1-2H2/t3-,4+,5+,6-,7+/m0/s1. The van der Waals surface area contributed by atoms with E-state index < -0.39 is 23.9 Å². The zero-order chi connectivity index (χ0) is 8.93. The average Bonchev–Trinajstić information content (AvgIpc) is 2.50. The molecule has 70 valence electrons. The van der Waals surface area contributed by atoms with Crippen molar-refractivity contribution in [3.05, 3.63) is 0 Å². The summed E-state index contributed by atoms with van der Waals surface area (Å²) < 4.78 is 0. The molecule has 2 saturated heterocycles. The average molecular weight is 175 g/mol. The van der Waals surface area contributed by atoms with Crippen molar-refractivity contribution in [2.45, 2.75) is 36.3 Å². The van der Waals surface area contributed by atoms with Gasteiger partial charge in [-0.2, -0.15) is 0 Å². The van der Waals surface area contributed by atoms with Gasteiger partial charge in [-0.3, -0.25) is 5.32 Å². The molecule has 5 nitrogen and oxygen atoms in total. The third kappa shape index (κ3) is 0.750. The molecule has 0 aromatic heterocycles. The third-order valence-corrected chi connectivity index (χ3v) is 3.05. The highest BCUT2D eigenvalue weighted by Crippen LogP contribution is 2.37. The van der Waals surface area contributed by atoms with Gasteiger partial charge in [0.05, 0.1) is 24.4 Å². The second-order valence-corrected chi connectivity index (χ2v) is 3.64. The zero-order valence-corrected chi connectivity index (χ0v) is 6.51. The van der Waals surface area contributed by atoms with Crippen LogP contribution in [-0.4, -0.2) is 56.9 Å². The second-order valence-electron chi connectivity index (χ2n) is 3.64. The van der Waals surface area contributed by atoms with E-state index in [-0.39, 0.29) is 12.6 Å². The Balaban J connectivity index is 2.29. The highest BCUT2D eigenvalue weighted by atomic mass is 16.3. The van der Waals surface area contributed by atoms with Crippen molar-refractivity contribution in [2.24, 2.45) is 0 Å². The maximum atomic E-state index is 9.48. The van der Waals surface area contributed by atoms with E-state index in [4.69, 9.17) is 5.11 Å². The van der Waals surface area contributed by atoms with Crippen LogP contribution in [0.5, 0.6) is 0 Å². The molecule has 0 saturated carbocycles. The normalized spacial score (nSPS) is 58.0. The van der Waals surface area contributed by atoms with E-state index >= 15 is 0 Å². The van der Waals surface area contributed by atoms with Crippen LogP contribution in [0.3, 0.4) is 0 Å². The maximum absolute atomic E-state index is 9.48. The quantitative estimate of drug-likeness (QED) is 0.296. The molecule has 2 heterocycles. The highest BCUT2D eigenvalue weighted by Gasteiger charge is 2.61. The number of fused-ring (bicyclic) bond motifs is 2. The number of aliphatic hydroxyl groups excluding tert-OH is 4. The van der Waals surface area contributed by atoms with E-state index in [1.54, 1.807) is 0 Å². The monoisotopic (exact) mass is 175 g/mol. The summed E-state index contributed by atoms with van der Waals surface area (Å²) in [6.45, 7) is -0.358. The number of rotatable bonds is 1. The Morgan fingerprint density at radius 2 is 2.00 bits per heavy atom. The van der Waals surface area contributed by atoms with Crippen LogP contribution in [0.4, 0.5) is 0 Å². The van der Waals surface area contributed by atoms with Gasteiger partial charge in [0.1, 0.15) is 6.10 Å². The largest absolute Gasteiger partial charge is 0.394 e.